The number of nitrogens with one attached hydrogen (secondary N) is 1. The lowest BCUT2D eigenvalue weighted by molar-refractivity contribution is -0.121. The van der Waals surface area contributed by atoms with Gasteiger partial charge in [-0.1, -0.05) is 19.3 Å². The van der Waals surface area contributed by atoms with Crippen molar-refractivity contribution in [1.29, 1.82) is 0 Å². The molecule has 0 heterocycles. The number of hydrogen-bond donors (Lipinski definition) is 1. The highest BCUT2D eigenvalue weighted by molar-refractivity contribution is 7.89. The van der Waals surface area contributed by atoms with Crippen LogP contribution in [0.1, 0.15) is 37.7 Å². The molecule has 0 radical (unpaired) electrons. The molecule has 11 heteroatoms. The molecule has 1 amide bonds. The second-order valence-electron chi connectivity index (χ2n) is 8.01. The summed E-state index contributed by atoms with van der Waals surface area (Å²) in [5.74, 6) is 0.0779. The molecule has 1 N–H and O–H groups in total. The van der Waals surface area contributed by atoms with E-state index in [4.69, 9.17) is 14.2 Å². The zero-order valence-electron chi connectivity index (χ0n) is 20.0. The van der Waals surface area contributed by atoms with Gasteiger partial charge in [0.25, 0.3) is 5.91 Å². The Balaban J connectivity index is 1.78. The number of hydrogen-bond acceptors (Lipinski definition) is 7. The molecule has 3 rings (SSSR count). The van der Waals surface area contributed by atoms with Crippen LogP contribution in [0.25, 0.3) is 0 Å². The number of sulfonamides is 1. The quantitative estimate of drug-likeness (QED) is 0.391. The van der Waals surface area contributed by atoms with Crippen molar-refractivity contribution in [1.82, 2.24) is 9.73 Å². The Morgan fingerprint density at radius 1 is 1.03 bits per heavy atom. The first-order valence-electron chi connectivity index (χ1n) is 11.2. The summed E-state index contributed by atoms with van der Waals surface area (Å²) in [6.07, 6.45) is 5.44. The first-order valence-corrected chi connectivity index (χ1v) is 12.6. The third-order valence-electron chi connectivity index (χ3n) is 5.83. The Bertz CT molecular complexity index is 1150. The highest BCUT2D eigenvalue weighted by Crippen LogP contribution is 2.39. The topological polar surface area (TPSA) is 107 Å². The van der Waals surface area contributed by atoms with Gasteiger partial charge in [0.2, 0.25) is 15.8 Å². The number of benzene rings is 2. The number of methoxy groups -OCH3 is 3. The van der Waals surface area contributed by atoms with E-state index in [1.165, 1.54) is 44.0 Å². The van der Waals surface area contributed by atoms with Crippen LogP contribution in [0.4, 0.5) is 4.39 Å². The molecule has 0 aromatic heterocycles. The number of ether oxygens (including phenoxy) is 3. The molecule has 0 unspecified atom stereocenters. The van der Waals surface area contributed by atoms with Crippen LogP contribution in [0.3, 0.4) is 0 Å². The predicted molar refractivity (Wildman–Crippen MR) is 129 cm³/mol. The maximum Gasteiger partial charge on any atom is 0.255 e. The van der Waals surface area contributed by atoms with Gasteiger partial charge in [0.05, 0.1) is 39.0 Å². The van der Waals surface area contributed by atoms with E-state index < -0.39 is 28.3 Å². The van der Waals surface area contributed by atoms with Gasteiger partial charge in [0, 0.05) is 11.6 Å². The van der Waals surface area contributed by atoms with Crippen molar-refractivity contribution in [2.75, 3.05) is 27.9 Å². The van der Waals surface area contributed by atoms with Gasteiger partial charge in [-0.25, -0.2) is 18.2 Å². The number of carbonyl (C=O) groups is 1. The number of carbonyl (C=O) groups excluding carboxylic acids is 1. The summed E-state index contributed by atoms with van der Waals surface area (Å²) in [6.45, 7) is -0.412. The molecule has 0 bridgehead atoms. The highest BCUT2D eigenvalue weighted by atomic mass is 32.2. The van der Waals surface area contributed by atoms with Gasteiger partial charge in [-0.15, -0.1) is 0 Å². The monoisotopic (exact) mass is 507 g/mol. The van der Waals surface area contributed by atoms with Crippen molar-refractivity contribution in [3.05, 3.63) is 47.8 Å². The van der Waals surface area contributed by atoms with Gasteiger partial charge in [-0.3, -0.25) is 4.79 Å². The van der Waals surface area contributed by atoms with E-state index in [0.717, 1.165) is 31.4 Å². The van der Waals surface area contributed by atoms with Crippen LogP contribution >= 0.6 is 0 Å². The molecule has 35 heavy (non-hydrogen) atoms. The average Bonchev–Trinajstić information content (AvgIpc) is 2.87. The predicted octanol–water partition coefficient (Wildman–Crippen LogP) is 3.33. The number of rotatable bonds is 10. The van der Waals surface area contributed by atoms with E-state index in [-0.39, 0.29) is 10.9 Å². The molecule has 0 aliphatic heterocycles. The van der Waals surface area contributed by atoms with Crippen molar-refractivity contribution in [3.63, 3.8) is 0 Å². The molecular formula is C24H30FN3O6S. The van der Waals surface area contributed by atoms with Crippen LogP contribution in [0.2, 0.25) is 0 Å². The fourth-order valence-electron chi connectivity index (χ4n) is 4.10. The maximum absolute atomic E-state index is 13.4. The zero-order chi connectivity index (χ0) is 25.4. The van der Waals surface area contributed by atoms with Crippen LogP contribution in [0.15, 0.2) is 46.4 Å². The summed E-state index contributed by atoms with van der Waals surface area (Å²) >= 11 is 0. The molecular weight excluding hydrogens is 477 g/mol. The van der Waals surface area contributed by atoms with Gasteiger partial charge >= 0.3 is 0 Å². The maximum atomic E-state index is 13.4. The largest absolute Gasteiger partial charge is 0.493 e. The Morgan fingerprint density at radius 2 is 1.69 bits per heavy atom. The van der Waals surface area contributed by atoms with Crippen LogP contribution in [-0.2, 0) is 14.8 Å². The van der Waals surface area contributed by atoms with Crippen LogP contribution in [0.5, 0.6) is 17.2 Å². The third-order valence-corrected chi connectivity index (χ3v) is 7.74. The second kappa shape index (κ2) is 12.0. The Labute approximate surface area is 204 Å². The molecule has 1 fully saturated rings. The van der Waals surface area contributed by atoms with Crippen LogP contribution in [-0.4, -0.2) is 58.8 Å². The summed E-state index contributed by atoms with van der Waals surface area (Å²) in [5, 5.41) is 3.97. The van der Waals surface area contributed by atoms with Gasteiger partial charge in [-0.05, 0) is 49.2 Å². The lowest BCUT2D eigenvalue weighted by Gasteiger charge is -2.32. The molecule has 1 saturated carbocycles. The van der Waals surface area contributed by atoms with Crippen molar-refractivity contribution in [3.8, 4) is 17.2 Å². The van der Waals surface area contributed by atoms with Crippen molar-refractivity contribution < 1.29 is 31.8 Å². The van der Waals surface area contributed by atoms with E-state index in [2.05, 4.69) is 10.5 Å². The summed E-state index contributed by atoms with van der Waals surface area (Å²) in [6, 6.07) is 7.63. The van der Waals surface area contributed by atoms with E-state index in [0.29, 0.717) is 35.7 Å². The molecule has 2 aromatic rings. The third kappa shape index (κ3) is 6.29. The SMILES string of the molecule is COc1ccc(/C=N\NC(=O)CN(C2CCCCC2)S(=O)(=O)c2ccc(F)cc2)c(OC)c1OC. The van der Waals surface area contributed by atoms with Crippen LogP contribution in [0, 0.1) is 5.82 Å². The average molecular weight is 508 g/mol. The van der Waals surface area contributed by atoms with E-state index in [1.807, 2.05) is 0 Å². The van der Waals surface area contributed by atoms with E-state index >= 15 is 0 Å². The fraction of sp³-hybridized carbons (Fsp3) is 0.417. The zero-order valence-corrected chi connectivity index (χ0v) is 20.8. The van der Waals surface area contributed by atoms with Crippen molar-refractivity contribution in [2.45, 2.75) is 43.0 Å². The Kier molecular flexibility index (Phi) is 9.05. The molecule has 1 aliphatic carbocycles. The van der Waals surface area contributed by atoms with Crippen molar-refractivity contribution >= 4 is 22.1 Å². The molecule has 190 valence electrons. The lowest BCUT2D eigenvalue weighted by atomic mass is 9.95. The molecule has 0 atom stereocenters. The fourth-order valence-corrected chi connectivity index (χ4v) is 5.74. The van der Waals surface area contributed by atoms with Gasteiger partial charge in [-0.2, -0.15) is 9.41 Å². The highest BCUT2D eigenvalue weighted by Gasteiger charge is 2.34. The van der Waals surface area contributed by atoms with Gasteiger partial charge in [0.15, 0.2) is 11.5 Å². The normalized spacial score (nSPS) is 14.8. The lowest BCUT2D eigenvalue weighted by Crippen LogP contribution is -2.46. The second-order valence-corrected chi connectivity index (χ2v) is 9.90. The minimum absolute atomic E-state index is 0.0594. The Morgan fingerprint density at radius 3 is 2.29 bits per heavy atom. The Hall–Kier alpha value is -3.18. The number of amides is 1. The van der Waals surface area contributed by atoms with Gasteiger partial charge < -0.3 is 14.2 Å². The molecule has 0 saturated heterocycles. The van der Waals surface area contributed by atoms with Gasteiger partial charge in [0.1, 0.15) is 5.82 Å². The first kappa shape index (κ1) is 26.4. The molecule has 9 nitrogen and oxygen atoms in total. The summed E-state index contributed by atoms with van der Waals surface area (Å²) in [7, 11) is 0.434. The summed E-state index contributed by atoms with van der Waals surface area (Å²) in [4.78, 5) is 12.7. The van der Waals surface area contributed by atoms with Crippen LogP contribution < -0.4 is 19.6 Å². The number of hydrazone groups is 1. The summed E-state index contributed by atoms with van der Waals surface area (Å²) in [5.41, 5.74) is 2.91. The molecule has 0 spiro atoms. The summed E-state index contributed by atoms with van der Waals surface area (Å²) < 4.78 is 57.2. The number of nitrogens with zero attached hydrogens (tertiary/aromatic N) is 2. The molecule has 2 aromatic carbocycles. The minimum atomic E-state index is -4.01. The number of halogens is 1. The molecule has 1 aliphatic rings. The van der Waals surface area contributed by atoms with Crippen molar-refractivity contribution in [2.24, 2.45) is 5.10 Å². The smallest absolute Gasteiger partial charge is 0.255 e. The minimum Gasteiger partial charge on any atom is -0.493 e. The van der Waals surface area contributed by atoms with E-state index in [1.54, 1.807) is 12.1 Å². The standard InChI is InChI=1S/C24H30FN3O6S/c1-32-21-14-9-17(23(33-2)24(21)34-3)15-26-27-22(29)16-28(19-7-5-4-6-8-19)35(30,31)20-12-10-18(25)11-13-20/h9-15,19H,4-8,16H2,1-3H3,(H,27,29)/b26-15-. The first-order chi connectivity index (χ1) is 16.8. The van der Waals surface area contributed by atoms with E-state index in [9.17, 15) is 17.6 Å².